The van der Waals surface area contributed by atoms with Gasteiger partial charge in [-0.15, -0.1) is 0 Å². The van der Waals surface area contributed by atoms with Crippen molar-refractivity contribution in [3.63, 3.8) is 0 Å². The van der Waals surface area contributed by atoms with Crippen LogP contribution < -0.4 is 0 Å². The van der Waals surface area contributed by atoms with Crippen LogP contribution in [-0.2, 0) is 22.3 Å². The highest BCUT2D eigenvalue weighted by molar-refractivity contribution is 5.77. The van der Waals surface area contributed by atoms with Crippen LogP contribution in [0.2, 0.25) is 0 Å². The van der Waals surface area contributed by atoms with E-state index in [4.69, 9.17) is 9.26 Å². The lowest BCUT2D eigenvalue weighted by Gasteiger charge is -2.12. The number of ether oxygens (including phenoxy) is 1. The molecular formula is C15H13F3N2O3. The molecule has 1 fully saturated rings. The molecule has 0 radical (unpaired) electrons. The van der Waals surface area contributed by atoms with Gasteiger partial charge < -0.3 is 9.26 Å². The molecule has 0 aliphatic heterocycles. The Bertz CT molecular complexity index is 727. The summed E-state index contributed by atoms with van der Waals surface area (Å²) in [5.74, 6) is -1.02. The predicted octanol–water partition coefficient (Wildman–Crippen LogP) is 3.24. The minimum Gasteiger partial charge on any atom is -0.455 e. The van der Waals surface area contributed by atoms with E-state index in [0.29, 0.717) is 12.2 Å². The van der Waals surface area contributed by atoms with E-state index in [1.165, 1.54) is 18.2 Å². The highest BCUT2D eigenvalue weighted by atomic mass is 19.4. The Morgan fingerprint density at radius 1 is 1.39 bits per heavy atom. The van der Waals surface area contributed by atoms with Gasteiger partial charge in [0.1, 0.15) is 0 Å². The van der Waals surface area contributed by atoms with Crippen LogP contribution >= 0.6 is 0 Å². The van der Waals surface area contributed by atoms with Gasteiger partial charge >= 0.3 is 12.1 Å². The number of benzene rings is 1. The van der Waals surface area contributed by atoms with Crippen LogP contribution in [0, 0.1) is 12.8 Å². The van der Waals surface area contributed by atoms with Crippen LogP contribution in [0.25, 0.3) is 0 Å². The molecule has 5 nitrogen and oxygen atoms in total. The second-order valence-corrected chi connectivity index (χ2v) is 5.38. The van der Waals surface area contributed by atoms with Gasteiger partial charge in [0.25, 0.3) is 5.89 Å². The lowest BCUT2D eigenvalue weighted by molar-refractivity contribution is -0.147. The van der Waals surface area contributed by atoms with Gasteiger partial charge in [-0.25, -0.2) is 0 Å². The van der Waals surface area contributed by atoms with Crippen molar-refractivity contribution in [1.82, 2.24) is 10.1 Å². The Morgan fingerprint density at radius 3 is 2.78 bits per heavy atom. The van der Waals surface area contributed by atoms with Gasteiger partial charge in [-0.05, 0) is 30.9 Å². The lowest BCUT2D eigenvalue weighted by Crippen LogP contribution is -2.11. The molecule has 1 aliphatic rings. The van der Waals surface area contributed by atoms with Gasteiger partial charge in [0.05, 0.1) is 11.5 Å². The Morgan fingerprint density at radius 2 is 2.13 bits per heavy atom. The number of aromatic nitrogens is 2. The van der Waals surface area contributed by atoms with Gasteiger partial charge in [0.15, 0.2) is 12.4 Å². The van der Waals surface area contributed by atoms with Crippen LogP contribution in [0.1, 0.15) is 35.2 Å². The Hall–Kier alpha value is -2.38. The zero-order chi connectivity index (χ0) is 16.6. The summed E-state index contributed by atoms with van der Waals surface area (Å²) in [5, 5.41) is 3.55. The molecule has 0 N–H and O–H groups in total. The SMILES string of the molecule is Cc1noc(COC(=O)[C@@H]2C[C@@H]2c2ccccc2C(F)(F)F)n1. The first-order valence-corrected chi connectivity index (χ1v) is 6.98. The van der Waals surface area contributed by atoms with E-state index in [1.807, 2.05) is 0 Å². The van der Waals surface area contributed by atoms with Crippen LogP contribution in [0.4, 0.5) is 13.2 Å². The molecule has 2 atom stereocenters. The molecule has 1 aromatic heterocycles. The summed E-state index contributed by atoms with van der Waals surface area (Å²) in [5.41, 5.74) is -0.566. The molecule has 0 amide bonds. The molecule has 1 aliphatic carbocycles. The molecule has 8 heteroatoms. The minimum absolute atomic E-state index is 0.135. The van der Waals surface area contributed by atoms with Crippen molar-refractivity contribution in [2.45, 2.75) is 32.0 Å². The van der Waals surface area contributed by atoms with Crippen molar-refractivity contribution in [2.24, 2.45) is 5.92 Å². The summed E-state index contributed by atoms with van der Waals surface area (Å²) in [6.07, 6.45) is -4.09. The van der Waals surface area contributed by atoms with Crippen LogP contribution in [0.15, 0.2) is 28.8 Å². The van der Waals surface area contributed by atoms with Gasteiger partial charge in [-0.1, -0.05) is 23.4 Å². The summed E-state index contributed by atoms with van der Waals surface area (Å²) >= 11 is 0. The Balaban J connectivity index is 1.64. The van der Waals surface area contributed by atoms with Crippen LogP contribution in [-0.4, -0.2) is 16.1 Å². The first-order valence-electron chi connectivity index (χ1n) is 6.98. The van der Waals surface area contributed by atoms with Crippen LogP contribution in [0.3, 0.4) is 0 Å². The molecule has 23 heavy (non-hydrogen) atoms. The molecule has 2 aromatic rings. The number of hydrogen-bond acceptors (Lipinski definition) is 5. The third-order valence-electron chi connectivity index (χ3n) is 3.67. The van der Waals surface area contributed by atoms with Crippen molar-refractivity contribution in [1.29, 1.82) is 0 Å². The zero-order valence-electron chi connectivity index (χ0n) is 12.1. The zero-order valence-corrected chi connectivity index (χ0v) is 12.1. The van der Waals surface area contributed by atoms with Gasteiger partial charge in [0.2, 0.25) is 0 Å². The molecule has 0 unspecified atom stereocenters. The fourth-order valence-corrected chi connectivity index (χ4v) is 2.52. The monoisotopic (exact) mass is 326 g/mol. The second-order valence-electron chi connectivity index (χ2n) is 5.38. The largest absolute Gasteiger partial charge is 0.455 e. The second kappa shape index (κ2) is 5.68. The number of rotatable bonds is 4. The van der Waals surface area contributed by atoms with E-state index in [1.54, 1.807) is 6.92 Å². The third kappa shape index (κ3) is 3.35. The first-order chi connectivity index (χ1) is 10.9. The highest BCUT2D eigenvalue weighted by Gasteiger charge is 2.48. The average molecular weight is 326 g/mol. The molecule has 122 valence electrons. The molecule has 1 saturated carbocycles. The van der Waals surface area contributed by atoms with E-state index in [-0.39, 0.29) is 18.1 Å². The molecule has 3 rings (SSSR count). The maximum Gasteiger partial charge on any atom is 0.416 e. The first kappa shape index (κ1) is 15.5. The van der Waals surface area contributed by atoms with E-state index in [2.05, 4.69) is 10.1 Å². The summed E-state index contributed by atoms with van der Waals surface area (Å²) in [6, 6.07) is 5.30. The summed E-state index contributed by atoms with van der Waals surface area (Å²) in [4.78, 5) is 15.8. The Labute approximate surface area is 129 Å². The fourth-order valence-electron chi connectivity index (χ4n) is 2.52. The summed E-state index contributed by atoms with van der Waals surface area (Å²) in [7, 11) is 0. The predicted molar refractivity (Wildman–Crippen MR) is 71.1 cm³/mol. The molecule has 1 aromatic carbocycles. The number of halogens is 3. The van der Waals surface area contributed by atoms with Crippen molar-refractivity contribution in [2.75, 3.05) is 0 Å². The van der Waals surface area contributed by atoms with Crippen molar-refractivity contribution in [3.8, 4) is 0 Å². The highest BCUT2D eigenvalue weighted by Crippen LogP contribution is 2.51. The molecule has 0 saturated heterocycles. The number of aryl methyl sites for hydroxylation is 1. The normalized spacial score (nSPS) is 20.3. The number of alkyl halides is 3. The van der Waals surface area contributed by atoms with Crippen molar-refractivity contribution < 1.29 is 27.2 Å². The molecule has 0 spiro atoms. The summed E-state index contributed by atoms with van der Waals surface area (Å²) < 4.78 is 48.8. The number of nitrogens with zero attached hydrogens (tertiary/aromatic N) is 2. The fraction of sp³-hybridized carbons (Fsp3) is 0.400. The van der Waals surface area contributed by atoms with E-state index >= 15 is 0 Å². The van der Waals surface area contributed by atoms with Crippen molar-refractivity contribution in [3.05, 3.63) is 47.1 Å². The number of hydrogen-bond donors (Lipinski definition) is 0. The Kier molecular flexibility index (Phi) is 3.83. The molecule has 0 bridgehead atoms. The average Bonchev–Trinajstić information content (AvgIpc) is 3.20. The van der Waals surface area contributed by atoms with E-state index in [9.17, 15) is 18.0 Å². The summed E-state index contributed by atoms with van der Waals surface area (Å²) in [6.45, 7) is 1.45. The van der Waals surface area contributed by atoms with Gasteiger partial charge in [-0.2, -0.15) is 18.2 Å². The van der Waals surface area contributed by atoms with Gasteiger partial charge in [-0.3, -0.25) is 4.79 Å². The van der Waals surface area contributed by atoms with Crippen LogP contribution in [0.5, 0.6) is 0 Å². The lowest BCUT2D eigenvalue weighted by atomic mass is 10.0. The smallest absolute Gasteiger partial charge is 0.416 e. The quantitative estimate of drug-likeness (QED) is 0.807. The number of carbonyl (C=O) groups excluding carboxylic acids is 1. The standard InChI is InChI=1S/C15H13F3N2O3/c1-8-19-13(23-20-8)7-22-14(21)11-6-10(11)9-4-2-3-5-12(9)15(16,17)18/h2-5,10-11H,6-7H2,1H3/t10-,11-/m1/s1. The minimum atomic E-state index is -4.44. The van der Waals surface area contributed by atoms with Crippen molar-refractivity contribution >= 4 is 5.97 Å². The maximum atomic E-state index is 13.0. The van der Waals surface area contributed by atoms with Gasteiger partial charge in [0, 0.05) is 0 Å². The van der Waals surface area contributed by atoms with E-state index < -0.39 is 29.5 Å². The van der Waals surface area contributed by atoms with E-state index in [0.717, 1.165) is 6.07 Å². The molecular weight excluding hydrogens is 313 g/mol. The maximum absolute atomic E-state index is 13.0. The topological polar surface area (TPSA) is 65.2 Å². The number of esters is 1. The molecule has 1 heterocycles. The third-order valence-corrected chi connectivity index (χ3v) is 3.67. The number of carbonyl (C=O) groups is 1.